The molecule has 7 heteroatoms. The van der Waals surface area contributed by atoms with Crippen LogP contribution < -0.4 is 10.6 Å². The second-order valence-electron chi connectivity index (χ2n) is 6.98. The number of carbonyl (C=O) groups excluding carboxylic acids is 1. The Morgan fingerprint density at radius 2 is 2.08 bits per heavy atom. The molecule has 1 aromatic carbocycles. The number of benzene rings is 1. The van der Waals surface area contributed by atoms with Crippen molar-refractivity contribution in [3.05, 3.63) is 47.6 Å². The van der Waals surface area contributed by atoms with Crippen molar-refractivity contribution in [2.24, 2.45) is 0 Å². The van der Waals surface area contributed by atoms with Gasteiger partial charge in [0.15, 0.2) is 5.13 Å². The van der Waals surface area contributed by atoms with E-state index in [1.807, 2.05) is 40.4 Å². The summed E-state index contributed by atoms with van der Waals surface area (Å²) in [5.74, 6) is -0.0117. The van der Waals surface area contributed by atoms with Gasteiger partial charge in [0.25, 0.3) is 5.91 Å². The number of rotatable bonds is 3. The first-order valence-corrected chi connectivity index (χ1v) is 9.80. The van der Waals surface area contributed by atoms with Crippen LogP contribution in [0.4, 0.5) is 0 Å². The summed E-state index contributed by atoms with van der Waals surface area (Å²) >= 11 is 1.56. The van der Waals surface area contributed by atoms with Gasteiger partial charge in [-0.1, -0.05) is 18.2 Å². The van der Waals surface area contributed by atoms with Gasteiger partial charge in [0.1, 0.15) is 0 Å². The van der Waals surface area contributed by atoms with Crippen LogP contribution in [-0.4, -0.2) is 46.8 Å². The number of hydrogen-bond acceptors (Lipinski definition) is 5. The predicted molar refractivity (Wildman–Crippen MR) is 101 cm³/mol. The quantitative estimate of drug-likeness (QED) is 0.745. The predicted octanol–water partition coefficient (Wildman–Crippen LogP) is 2.34. The van der Waals surface area contributed by atoms with Gasteiger partial charge in [0.05, 0.1) is 24.3 Å². The summed E-state index contributed by atoms with van der Waals surface area (Å²) in [6.07, 6.45) is 5.51. The Labute approximate surface area is 155 Å². The second kappa shape index (κ2) is 6.50. The van der Waals surface area contributed by atoms with Crippen LogP contribution in [-0.2, 0) is 4.74 Å². The molecule has 2 aliphatic rings. The molecular weight excluding hydrogens is 348 g/mol. The van der Waals surface area contributed by atoms with Gasteiger partial charge in [-0.2, -0.15) is 0 Å². The standard InChI is InChI=1S/C19H20N4O2S/c24-18(22-12-7-13-10-25-11-14(8-12)21-13)16-9-23(19-20-5-6-26-19)17-4-2-1-3-15(16)17/h1-6,9,12-14,21H,7-8,10-11H2,(H,22,24)/t12?,13-,14+. The molecule has 134 valence electrons. The number of aromatic nitrogens is 2. The summed E-state index contributed by atoms with van der Waals surface area (Å²) in [6.45, 7) is 1.46. The van der Waals surface area contributed by atoms with Crippen molar-refractivity contribution in [1.29, 1.82) is 0 Å². The Bertz CT molecular complexity index is 924. The van der Waals surface area contributed by atoms with Crippen LogP contribution >= 0.6 is 11.3 Å². The second-order valence-corrected chi connectivity index (χ2v) is 7.86. The van der Waals surface area contributed by atoms with Crippen LogP contribution in [0.25, 0.3) is 16.0 Å². The van der Waals surface area contributed by atoms with E-state index in [-0.39, 0.29) is 11.9 Å². The Hall–Kier alpha value is -2.22. The van der Waals surface area contributed by atoms with Gasteiger partial charge in [-0.15, -0.1) is 11.3 Å². The highest BCUT2D eigenvalue weighted by atomic mass is 32.1. The molecule has 2 bridgehead atoms. The average molecular weight is 368 g/mol. The molecule has 2 aromatic heterocycles. The number of para-hydroxylation sites is 1. The fraction of sp³-hybridized carbons (Fsp3) is 0.368. The topological polar surface area (TPSA) is 68.2 Å². The van der Waals surface area contributed by atoms with Crippen LogP contribution in [0.15, 0.2) is 42.0 Å². The first kappa shape index (κ1) is 16.0. The van der Waals surface area contributed by atoms with Crippen LogP contribution in [0.3, 0.4) is 0 Å². The highest BCUT2D eigenvalue weighted by molar-refractivity contribution is 7.12. The van der Waals surface area contributed by atoms with E-state index in [0.29, 0.717) is 17.6 Å². The number of thiazole rings is 1. The summed E-state index contributed by atoms with van der Waals surface area (Å²) in [7, 11) is 0. The Morgan fingerprint density at radius 3 is 2.85 bits per heavy atom. The molecule has 6 nitrogen and oxygen atoms in total. The molecule has 0 aliphatic carbocycles. The summed E-state index contributed by atoms with van der Waals surface area (Å²) in [5, 5.41) is 10.6. The van der Waals surface area contributed by atoms with Gasteiger partial charge in [-0.3, -0.25) is 9.36 Å². The van der Waals surface area contributed by atoms with Crippen LogP contribution in [0, 0.1) is 0 Å². The van der Waals surface area contributed by atoms with E-state index in [4.69, 9.17) is 4.74 Å². The van der Waals surface area contributed by atoms with E-state index >= 15 is 0 Å². The Balaban J connectivity index is 1.44. The maximum atomic E-state index is 13.0. The lowest BCUT2D eigenvalue weighted by Crippen LogP contribution is -2.58. The monoisotopic (exact) mass is 368 g/mol. The smallest absolute Gasteiger partial charge is 0.253 e. The van der Waals surface area contributed by atoms with Crippen LogP contribution in [0.2, 0.25) is 0 Å². The highest BCUT2D eigenvalue weighted by Crippen LogP contribution is 2.26. The molecule has 2 fully saturated rings. The van der Waals surface area contributed by atoms with Gasteiger partial charge in [-0.05, 0) is 18.9 Å². The number of nitrogens with zero attached hydrogens (tertiary/aromatic N) is 2. The summed E-state index contributed by atoms with van der Waals surface area (Å²) < 4.78 is 7.59. The number of morpholine rings is 1. The SMILES string of the molecule is O=C(NC1C[C@H]2COC[C@@H](C1)N2)c1cn(-c2nccs2)c2ccccc12. The van der Waals surface area contributed by atoms with E-state index in [0.717, 1.165) is 42.1 Å². The largest absolute Gasteiger partial charge is 0.378 e. The van der Waals surface area contributed by atoms with Crippen molar-refractivity contribution in [1.82, 2.24) is 20.2 Å². The third-order valence-corrected chi connectivity index (χ3v) is 5.94. The number of hydrogen-bond donors (Lipinski definition) is 2. The molecule has 1 unspecified atom stereocenters. The van der Waals surface area contributed by atoms with Gasteiger partial charge in [-0.25, -0.2) is 4.98 Å². The van der Waals surface area contributed by atoms with E-state index in [2.05, 4.69) is 15.6 Å². The summed E-state index contributed by atoms with van der Waals surface area (Å²) in [6, 6.07) is 8.84. The van der Waals surface area contributed by atoms with Gasteiger partial charge in [0.2, 0.25) is 0 Å². The number of nitrogens with one attached hydrogen (secondary N) is 2. The van der Waals surface area contributed by atoms with Crippen molar-refractivity contribution in [3.8, 4) is 5.13 Å². The van der Waals surface area contributed by atoms with E-state index in [9.17, 15) is 4.79 Å². The zero-order valence-corrected chi connectivity index (χ0v) is 15.0. The first-order valence-electron chi connectivity index (χ1n) is 8.92. The van der Waals surface area contributed by atoms with Gasteiger partial charge in [0, 0.05) is 41.3 Å². The number of piperidine rings is 1. The molecule has 26 heavy (non-hydrogen) atoms. The third kappa shape index (κ3) is 2.82. The van der Waals surface area contributed by atoms with Crippen LogP contribution in [0.1, 0.15) is 23.2 Å². The maximum absolute atomic E-state index is 13.0. The zero-order chi connectivity index (χ0) is 17.5. The minimum absolute atomic E-state index is 0.0117. The zero-order valence-electron chi connectivity index (χ0n) is 14.2. The van der Waals surface area contributed by atoms with Crippen molar-refractivity contribution in [2.45, 2.75) is 31.0 Å². The molecule has 2 aliphatic heterocycles. The lowest BCUT2D eigenvalue weighted by Gasteiger charge is -2.40. The Kier molecular flexibility index (Phi) is 4.00. The van der Waals surface area contributed by atoms with E-state index in [1.54, 1.807) is 17.5 Å². The number of ether oxygens (including phenoxy) is 1. The van der Waals surface area contributed by atoms with E-state index in [1.165, 1.54) is 0 Å². The molecule has 1 amide bonds. The number of carbonyl (C=O) groups is 1. The van der Waals surface area contributed by atoms with Gasteiger partial charge < -0.3 is 15.4 Å². The van der Waals surface area contributed by atoms with E-state index < -0.39 is 0 Å². The minimum atomic E-state index is -0.0117. The van der Waals surface area contributed by atoms with Crippen LogP contribution in [0.5, 0.6) is 0 Å². The third-order valence-electron chi connectivity index (χ3n) is 5.16. The maximum Gasteiger partial charge on any atom is 0.253 e. The fourth-order valence-electron chi connectivity index (χ4n) is 4.07. The molecule has 0 spiro atoms. The van der Waals surface area contributed by atoms with Crippen molar-refractivity contribution >= 4 is 28.1 Å². The minimum Gasteiger partial charge on any atom is -0.378 e. The van der Waals surface area contributed by atoms with Crippen molar-refractivity contribution in [3.63, 3.8) is 0 Å². The normalized spacial score (nSPS) is 25.3. The lowest BCUT2D eigenvalue weighted by molar-refractivity contribution is 0.0148. The molecule has 2 saturated heterocycles. The fourth-order valence-corrected chi connectivity index (χ4v) is 4.70. The highest BCUT2D eigenvalue weighted by Gasteiger charge is 2.33. The lowest BCUT2D eigenvalue weighted by atomic mass is 9.92. The molecule has 5 rings (SSSR count). The molecular formula is C19H20N4O2S. The molecule has 3 atom stereocenters. The van der Waals surface area contributed by atoms with Gasteiger partial charge >= 0.3 is 0 Å². The molecule has 2 N–H and O–H groups in total. The molecule has 0 radical (unpaired) electrons. The molecule has 3 aromatic rings. The van der Waals surface area contributed by atoms with Crippen molar-refractivity contribution < 1.29 is 9.53 Å². The number of fused-ring (bicyclic) bond motifs is 3. The first-order chi connectivity index (χ1) is 12.8. The van der Waals surface area contributed by atoms with Crippen molar-refractivity contribution in [2.75, 3.05) is 13.2 Å². The molecule has 0 saturated carbocycles. The summed E-state index contributed by atoms with van der Waals surface area (Å²) in [5.41, 5.74) is 1.71. The number of amides is 1. The average Bonchev–Trinajstić information content (AvgIpc) is 3.29. The summed E-state index contributed by atoms with van der Waals surface area (Å²) in [4.78, 5) is 17.4. The molecule has 4 heterocycles. The Morgan fingerprint density at radius 1 is 1.27 bits per heavy atom.